The van der Waals surface area contributed by atoms with Crippen LogP contribution in [0.5, 0.6) is 0 Å². The summed E-state index contributed by atoms with van der Waals surface area (Å²) in [6.45, 7) is 1.57. The highest BCUT2D eigenvalue weighted by Crippen LogP contribution is 2.29. The van der Waals surface area contributed by atoms with Crippen molar-refractivity contribution in [2.24, 2.45) is 5.92 Å². The molecule has 2 saturated heterocycles. The first kappa shape index (κ1) is 13.6. The van der Waals surface area contributed by atoms with Crippen LogP contribution in [-0.2, 0) is 9.59 Å². The Bertz CT molecular complexity index is 529. The minimum Gasteiger partial charge on any atom is -0.312 e. The van der Waals surface area contributed by atoms with Gasteiger partial charge in [-0.3, -0.25) is 9.59 Å². The van der Waals surface area contributed by atoms with Gasteiger partial charge in [-0.25, -0.2) is 0 Å². The molecule has 1 atom stereocenters. The molecule has 3 rings (SSSR count). The number of alkyl halides is 1. The summed E-state index contributed by atoms with van der Waals surface area (Å²) >= 11 is 3.44. The molecule has 0 radical (unpaired) electrons. The maximum atomic E-state index is 12.0. The van der Waals surface area contributed by atoms with Crippen LogP contribution in [0.15, 0.2) is 24.3 Å². The van der Waals surface area contributed by atoms with Gasteiger partial charge in [0.25, 0.3) is 0 Å². The Kier molecular flexibility index (Phi) is 3.78. The first-order chi connectivity index (χ1) is 9.69. The van der Waals surface area contributed by atoms with E-state index in [0.29, 0.717) is 18.8 Å². The van der Waals surface area contributed by atoms with Gasteiger partial charge in [0.2, 0.25) is 11.8 Å². The zero-order valence-electron chi connectivity index (χ0n) is 11.2. The fourth-order valence-electron chi connectivity index (χ4n) is 2.87. The Morgan fingerprint density at radius 1 is 1.05 bits per heavy atom. The second-order valence-electron chi connectivity index (χ2n) is 5.39. The highest BCUT2D eigenvalue weighted by Gasteiger charge is 2.30. The van der Waals surface area contributed by atoms with Gasteiger partial charge in [0, 0.05) is 42.6 Å². The first-order valence-electron chi connectivity index (χ1n) is 6.96. The lowest BCUT2D eigenvalue weighted by atomic mass is 10.2. The summed E-state index contributed by atoms with van der Waals surface area (Å²) in [5, 5.41) is 0.857. The lowest BCUT2D eigenvalue weighted by molar-refractivity contribution is -0.118. The van der Waals surface area contributed by atoms with E-state index in [1.54, 1.807) is 0 Å². The summed E-state index contributed by atoms with van der Waals surface area (Å²) < 4.78 is 0. The molecule has 20 heavy (non-hydrogen) atoms. The van der Waals surface area contributed by atoms with E-state index in [9.17, 15) is 9.59 Å². The Morgan fingerprint density at radius 2 is 1.70 bits per heavy atom. The molecule has 2 amide bonds. The molecule has 5 heteroatoms. The fraction of sp³-hybridized carbons (Fsp3) is 0.467. The van der Waals surface area contributed by atoms with Crippen molar-refractivity contribution in [1.29, 1.82) is 0 Å². The van der Waals surface area contributed by atoms with Crippen molar-refractivity contribution in [1.82, 2.24) is 0 Å². The average molecular weight is 337 g/mol. The number of hydrogen-bond acceptors (Lipinski definition) is 2. The van der Waals surface area contributed by atoms with Crippen molar-refractivity contribution in [2.75, 3.05) is 28.2 Å². The molecule has 1 unspecified atom stereocenters. The maximum Gasteiger partial charge on any atom is 0.227 e. The molecule has 106 valence electrons. The lowest BCUT2D eigenvalue weighted by Gasteiger charge is -2.19. The molecule has 1 aromatic carbocycles. The third-order valence-corrected chi connectivity index (χ3v) is 4.89. The summed E-state index contributed by atoms with van der Waals surface area (Å²) in [4.78, 5) is 27.3. The fourth-order valence-corrected chi connectivity index (χ4v) is 3.30. The molecule has 0 aromatic heterocycles. The number of rotatable bonds is 3. The van der Waals surface area contributed by atoms with E-state index in [2.05, 4.69) is 15.9 Å². The summed E-state index contributed by atoms with van der Waals surface area (Å²) in [6, 6.07) is 7.76. The van der Waals surface area contributed by atoms with Gasteiger partial charge < -0.3 is 9.80 Å². The highest BCUT2D eigenvalue weighted by molar-refractivity contribution is 9.09. The zero-order chi connectivity index (χ0) is 14.1. The Labute approximate surface area is 126 Å². The second kappa shape index (κ2) is 5.56. The van der Waals surface area contributed by atoms with E-state index in [1.807, 2.05) is 34.1 Å². The third-order valence-electron chi connectivity index (χ3n) is 3.97. The van der Waals surface area contributed by atoms with Gasteiger partial charge in [0.1, 0.15) is 0 Å². The van der Waals surface area contributed by atoms with Gasteiger partial charge in [-0.15, -0.1) is 0 Å². The molecular weight excluding hydrogens is 320 g/mol. The standard InChI is InChI=1S/C15H17BrN2O2/c16-9-11-8-15(20)18(10-11)13-5-3-12(4-6-13)17-7-1-2-14(17)19/h3-6,11H,1-2,7-10H2. The maximum absolute atomic E-state index is 12.0. The molecule has 0 bridgehead atoms. The monoisotopic (exact) mass is 336 g/mol. The smallest absolute Gasteiger partial charge is 0.227 e. The predicted octanol–water partition coefficient (Wildman–Crippen LogP) is 2.56. The van der Waals surface area contributed by atoms with Crippen LogP contribution in [0.25, 0.3) is 0 Å². The molecular formula is C15H17BrN2O2. The Morgan fingerprint density at radius 3 is 2.20 bits per heavy atom. The molecule has 0 aliphatic carbocycles. The molecule has 2 aliphatic heterocycles. The number of hydrogen-bond donors (Lipinski definition) is 0. The number of carbonyl (C=O) groups excluding carboxylic acids is 2. The summed E-state index contributed by atoms with van der Waals surface area (Å²) in [5.41, 5.74) is 1.86. The minimum atomic E-state index is 0.180. The largest absolute Gasteiger partial charge is 0.312 e. The summed E-state index contributed by atoms with van der Waals surface area (Å²) in [6.07, 6.45) is 2.18. The predicted molar refractivity (Wildman–Crippen MR) is 82.3 cm³/mol. The van der Waals surface area contributed by atoms with Gasteiger partial charge in [-0.1, -0.05) is 15.9 Å². The van der Waals surface area contributed by atoms with Gasteiger partial charge in [-0.05, 0) is 36.6 Å². The van der Waals surface area contributed by atoms with Gasteiger partial charge in [-0.2, -0.15) is 0 Å². The van der Waals surface area contributed by atoms with Gasteiger partial charge in [0.15, 0.2) is 0 Å². The number of anilines is 2. The molecule has 0 N–H and O–H groups in total. The quantitative estimate of drug-likeness (QED) is 0.796. The Balaban J connectivity index is 1.76. The van der Waals surface area contributed by atoms with E-state index >= 15 is 0 Å². The molecule has 2 heterocycles. The molecule has 2 aliphatic rings. The topological polar surface area (TPSA) is 40.6 Å². The van der Waals surface area contributed by atoms with Crippen molar-refractivity contribution < 1.29 is 9.59 Å². The number of nitrogens with zero attached hydrogens (tertiary/aromatic N) is 2. The van der Waals surface area contributed by atoms with E-state index in [4.69, 9.17) is 0 Å². The van der Waals surface area contributed by atoms with Gasteiger partial charge in [0.05, 0.1) is 0 Å². The van der Waals surface area contributed by atoms with Crippen LogP contribution in [0.4, 0.5) is 11.4 Å². The molecule has 1 aromatic rings. The van der Waals surface area contributed by atoms with Crippen LogP contribution in [0.3, 0.4) is 0 Å². The molecule has 0 spiro atoms. The molecule has 0 saturated carbocycles. The summed E-state index contributed by atoms with van der Waals surface area (Å²) in [7, 11) is 0. The van der Waals surface area contributed by atoms with Crippen LogP contribution in [0.1, 0.15) is 19.3 Å². The second-order valence-corrected chi connectivity index (χ2v) is 6.04. The van der Waals surface area contributed by atoms with Gasteiger partial charge >= 0.3 is 0 Å². The van der Waals surface area contributed by atoms with Crippen LogP contribution >= 0.6 is 15.9 Å². The first-order valence-corrected chi connectivity index (χ1v) is 8.08. The van der Waals surface area contributed by atoms with E-state index < -0.39 is 0 Å². The highest BCUT2D eigenvalue weighted by atomic mass is 79.9. The number of benzene rings is 1. The van der Waals surface area contributed by atoms with E-state index in [1.165, 1.54) is 0 Å². The van der Waals surface area contributed by atoms with Crippen LogP contribution < -0.4 is 9.80 Å². The SMILES string of the molecule is O=C1CCCN1c1ccc(N2CC(CBr)CC2=O)cc1. The van der Waals surface area contributed by atoms with Crippen LogP contribution in [0, 0.1) is 5.92 Å². The van der Waals surface area contributed by atoms with Crippen molar-refractivity contribution >= 4 is 39.1 Å². The van der Waals surface area contributed by atoms with Crippen molar-refractivity contribution in [3.63, 3.8) is 0 Å². The molecule has 2 fully saturated rings. The van der Waals surface area contributed by atoms with Crippen molar-refractivity contribution in [3.8, 4) is 0 Å². The average Bonchev–Trinajstić information content (AvgIpc) is 3.05. The normalized spacial score (nSPS) is 22.9. The lowest BCUT2D eigenvalue weighted by Crippen LogP contribution is -2.25. The number of amides is 2. The Hall–Kier alpha value is -1.36. The minimum absolute atomic E-state index is 0.180. The molecule has 4 nitrogen and oxygen atoms in total. The third kappa shape index (κ3) is 2.46. The summed E-state index contributed by atoms with van der Waals surface area (Å²) in [5.74, 6) is 0.760. The van der Waals surface area contributed by atoms with Crippen molar-refractivity contribution in [3.05, 3.63) is 24.3 Å². The number of carbonyl (C=O) groups is 2. The van der Waals surface area contributed by atoms with Crippen molar-refractivity contribution in [2.45, 2.75) is 19.3 Å². The number of halogens is 1. The zero-order valence-corrected chi connectivity index (χ0v) is 12.8. The van der Waals surface area contributed by atoms with E-state index in [0.717, 1.165) is 36.2 Å². The van der Waals surface area contributed by atoms with Crippen LogP contribution in [-0.4, -0.2) is 30.2 Å². The van der Waals surface area contributed by atoms with Crippen LogP contribution in [0.2, 0.25) is 0 Å². The van der Waals surface area contributed by atoms with E-state index in [-0.39, 0.29) is 11.8 Å².